The second-order valence-corrected chi connectivity index (χ2v) is 26.1. The van der Waals surface area contributed by atoms with E-state index in [1.54, 1.807) is 48.5 Å². The van der Waals surface area contributed by atoms with Crippen LogP contribution in [-0.2, 0) is 59.0 Å². The van der Waals surface area contributed by atoms with Crippen molar-refractivity contribution in [2.75, 3.05) is 13.2 Å². The van der Waals surface area contributed by atoms with Crippen molar-refractivity contribution in [2.24, 2.45) is 35.5 Å². The maximum Gasteiger partial charge on any atom is 0.330 e. The minimum atomic E-state index is -0.416. The van der Waals surface area contributed by atoms with Crippen molar-refractivity contribution >= 4 is 80.1 Å². The Morgan fingerprint density at radius 2 is 1.04 bits per heavy atom. The van der Waals surface area contributed by atoms with Crippen molar-refractivity contribution in [3.63, 3.8) is 0 Å². The molecular formula is C75H89NO17S. The molecule has 4 fully saturated rings. The highest BCUT2D eigenvalue weighted by Gasteiger charge is 2.36. The van der Waals surface area contributed by atoms with Crippen LogP contribution in [0.2, 0.25) is 0 Å². The Kier molecular flexibility index (Phi) is 26.3. The van der Waals surface area contributed by atoms with E-state index >= 15 is 0 Å². The molecule has 0 amide bonds. The monoisotopic (exact) mass is 1310 g/mol. The third-order valence-electron chi connectivity index (χ3n) is 18.0. The number of furan rings is 1. The summed E-state index contributed by atoms with van der Waals surface area (Å²) >= 11 is 1.28. The molecule has 0 bridgehead atoms. The number of benzene rings is 4. The van der Waals surface area contributed by atoms with Gasteiger partial charge in [0.05, 0.1) is 42.8 Å². The van der Waals surface area contributed by atoms with Crippen LogP contribution in [0.15, 0.2) is 109 Å². The van der Waals surface area contributed by atoms with Crippen LogP contribution in [0.25, 0.3) is 32.0 Å². The highest BCUT2D eigenvalue weighted by Crippen LogP contribution is 2.44. The number of ether oxygens (including phenoxy) is 8. The van der Waals surface area contributed by atoms with Gasteiger partial charge in [0.25, 0.3) is 0 Å². The molecule has 19 heteroatoms. The standard InChI is InChI=1S/C51H53NO12S.C23H32O5.CH4/c1-5-36(54)26-31-6-16-38(17-7-31)60-48(55)32-8-10-33(11-9-32)49(56)61-39-20-14-35(15-21-39)51(58)64-42-23-22-41(63-50(57)34-12-18-37(19-13-34)59-30(4)53)45-46(42)65-47(52-45)44-27-40-29(3)24-28(2)25-43(40)62-44;1-3-22(24)27-17-7-5-4-6-16-26-20-12-14-21(15-13-20)28-23(25)19-10-8-18(2)9-11-19;/h5-7,16-17,22-25,27,32-35,37,39H,1,8-15,18-21,26H2,2-4H3;3,12-15,18-19H,1,4-11,16-17H2,2H3;1H4. The Morgan fingerprint density at radius 3 is 1.61 bits per heavy atom. The number of carbonyl (C=O) groups excluding carboxylic acids is 8. The molecule has 0 unspecified atom stereocenters. The number of unbranched alkanes of at least 4 members (excludes halogenated alkanes) is 3. The Morgan fingerprint density at radius 1 is 0.553 bits per heavy atom. The van der Waals surface area contributed by atoms with Crippen LogP contribution in [0.1, 0.15) is 166 Å². The zero-order valence-electron chi connectivity index (χ0n) is 53.8. The number of aryl methyl sites for hydroxylation is 2. The van der Waals surface area contributed by atoms with Gasteiger partial charge in [-0.05, 0) is 232 Å². The van der Waals surface area contributed by atoms with Crippen molar-refractivity contribution in [1.82, 2.24) is 4.98 Å². The topological polar surface area (TPSA) is 236 Å². The summed E-state index contributed by atoms with van der Waals surface area (Å²) in [5, 5.41) is 1.49. The van der Waals surface area contributed by atoms with E-state index < -0.39 is 17.9 Å². The normalized spacial score (nSPS) is 20.9. The maximum absolute atomic E-state index is 13.7. The summed E-state index contributed by atoms with van der Waals surface area (Å²) in [5.74, 6) is -0.161. The Labute approximate surface area is 554 Å². The number of thiazole rings is 1. The summed E-state index contributed by atoms with van der Waals surface area (Å²) in [6, 6.07) is 23.3. The number of ketones is 1. The maximum atomic E-state index is 13.7. The number of esters is 7. The lowest BCUT2D eigenvalue weighted by atomic mass is 9.82. The minimum Gasteiger partial charge on any atom is -0.494 e. The first-order chi connectivity index (χ1) is 44.9. The number of rotatable bonds is 24. The lowest BCUT2D eigenvalue weighted by Crippen LogP contribution is -2.33. The van der Waals surface area contributed by atoms with Crippen molar-refractivity contribution in [1.29, 1.82) is 0 Å². The van der Waals surface area contributed by atoms with Crippen molar-refractivity contribution in [2.45, 2.75) is 182 Å². The van der Waals surface area contributed by atoms with Gasteiger partial charge < -0.3 is 42.3 Å². The lowest BCUT2D eigenvalue weighted by Gasteiger charge is -2.30. The highest BCUT2D eigenvalue weighted by molar-refractivity contribution is 7.22. The van der Waals surface area contributed by atoms with E-state index in [0.29, 0.717) is 128 Å². The predicted octanol–water partition coefficient (Wildman–Crippen LogP) is 15.8. The van der Waals surface area contributed by atoms with Gasteiger partial charge in [-0.2, -0.15) is 0 Å². The molecule has 4 saturated carbocycles. The second-order valence-electron chi connectivity index (χ2n) is 25.1. The van der Waals surface area contributed by atoms with Gasteiger partial charge in [0, 0.05) is 24.8 Å². The average molecular weight is 1310 g/mol. The molecule has 0 radical (unpaired) electrons. The van der Waals surface area contributed by atoms with Gasteiger partial charge >= 0.3 is 41.8 Å². The molecule has 6 aromatic rings. The van der Waals surface area contributed by atoms with Crippen molar-refractivity contribution in [3.05, 3.63) is 121 Å². The molecular weight excluding hydrogens is 1220 g/mol. The Hall–Kier alpha value is -8.45. The fraction of sp³-hybridized carbons (Fsp3) is 0.480. The number of hydrogen-bond donors (Lipinski definition) is 0. The van der Waals surface area contributed by atoms with Crippen molar-refractivity contribution in [3.8, 4) is 39.5 Å². The van der Waals surface area contributed by atoms with E-state index in [9.17, 15) is 38.4 Å². The first kappa shape index (κ1) is 71.4. The van der Waals surface area contributed by atoms with Crippen LogP contribution in [0.3, 0.4) is 0 Å². The third kappa shape index (κ3) is 20.3. The summed E-state index contributed by atoms with van der Waals surface area (Å²) in [4.78, 5) is 104. The largest absolute Gasteiger partial charge is 0.494 e. The molecule has 4 aliphatic carbocycles. The molecule has 0 spiro atoms. The Bertz CT molecular complexity index is 3610. The molecule has 4 aliphatic rings. The van der Waals surface area contributed by atoms with Crippen LogP contribution in [0.4, 0.5) is 0 Å². The van der Waals surface area contributed by atoms with Gasteiger partial charge in [-0.3, -0.25) is 33.6 Å². The van der Waals surface area contributed by atoms with E-state index in [1.165, 1.54) is 30.4 Å². The minimum absolute atomic E-state index is 0. The van der Waals surface area contributed by atoms with Crippen LogP contribution in [-0.4, -0.2) is 78.0 Å². The Balaban J connectivity index is 0.000000328. The molecule has 94 heavy (non-hydrogen) atoms. The summed E-state index contributed by atoms with van der Waals surface area (Å²) in [7, 11) is 0. The molecule has 0 atom stereocenters. The van der Waals surface area contributed by atoms with Crippen LogP contribution in [0, 0.1) is 49.4 Å². The third-order valence-corrected chi connectivity index (χ3v) is 19.1. The van der Waals surface area contributed by atoms with Crippen LogP contribution in [0.5, 0.6) is 28.7 Å². The van der Waals surface area contributed by atoms with Gasteiger partial charge in [-0.15, -0.1) is 11.3 Å². The molecule has 502 valence electrons. The summed E-state index contributed by atoms with van der Waals surface area (Å²) < 4.78 is 51.9. The van der Waals surface area contributed by atoms with E-state index in [0.717, 1.165) is 90.7 Å². The van der Waals surface area contributed by atoms with Gasteiger partial charge in [-0.1, -0.05) is 45.7 Å². The van der Waals surface area contributed by atoms with Crippen LogP contribution < -0.4 is 23.7 Å². The molecule has 10 rings (SSSR count). The van der Waals surface area contributed by atoms with Crippen molar-refractivity contribution < 1.29 is 80.7 Å². The van der Waals surface area contributed by atoms with Gasteiger partial charge in [0.2, 0.25) is 0 Å². The quantitative estimate of drug-likeness (QED) is 0.0180. The molecule has 0 N–H and O–H groups in total. The highest BCUT2D eigenvalue weighted by atomic mass is 32.1. The van der Waals surface area contributed by atoms with E-state index in [4.69, 9.17) is 47.3 Å². The first-order valence-corrected chi connectivity index (χ1v) is 33.7. The molecule has 2 heterocycles. The van der Waals surface area contributed by atoms with Gasteiger partial charge in [-0.25, -0.2) is 9.78 Å². The fourth-order valence-electron chi connectivity index (χ4n) is 12.5. The number of aromatic nitrogens is 1. The number of allylic oxidation sites excluding steroid dienone is 1. The molecule has 18 nitrogen and oxygen atoms in total. The lowest BCUT2D eigenvalue weighted by molar-refractivity contribution is -0.159. The predicted molar refractivity (Wildman–Crippen MR) is 356 cm³/mol. The van der Waals surface area contributed by atoms with E-state index in [1.807, 2.05) is 38.1 Å². The fourth-order valence-corrected chi connectivity index (χ4v) is 13.5. The molecule has 0 saturated heterocycles. The summed E-state index contributed by atoms with van der Waals surface area (Å²) in [6.45, 7) is 15.6. The number of fused-ring (bicyclic) bond motifs is 2. The number of hydrogen-bond acceptors (Lipinski definition) is 19. The molecule has 0 aliphatic heterocycles. The SMILES string of the molecule is C.C=CC(=O)Cc1ccc(OC(=O)C2CCC(C(=O)OC3CCC(C(=O)Oc4ccc(OC(=O)C5CCC(OC(C)=O)CC5)c5nc(-c6cc7c(C)cc(C)cc7o6)sc45)CC3)CC2)cc1.C=CC(=O)OCCCCCCOc1ccc(OC(=O)C2CCC(C)CC2)cc1. The summed E-state index contributed by atoms with van der Waals surface area (Å²) in [5.41, 5.74) is 4.04. The zero-order chi connectivity index (χ0) is 66.0. The number of carbonyl (C=O) groups is 8. The van der Waals surface area contributed by atoms with E-state index in [-0.39, 0.29) is 91.1 Å². The first-order valence-electron chi connectivity index (χ1n) is 32.8. The smallest absolute Gasteiger partial charge is 0.330 e. The average Bonchev–Trinajstić information content (AvgIpc) is 1.61. The van der Waals surface area contributed by atoms with E-state index in [2.05, 4.69) is 26.1 Å². The van der Waals surface area contributed by atoms with Gasteiger partial charge in [0.1, 0.15) is 45.3 Å². The molecule has 2 aromatic heterocycles. The second kappa shape index (κ2) is 34.6. The zero-order valence-corrected chi connectivity index (χ0v) is 54.6. The van der Waals surface area contributed by atoms with Crippen LogP contribution >= 0.6 is 11.3 Å². The molecule has 4 aromatic carbocycles. The number of nitrogens with zero attached hydrogens (tertiary/aromatic N) is 1. The van der Waals surface area contributed by atoms with Gasteiger partial charge in [0.15, 0.2) is 28.1 Å². The summed E-state index contributed by atoms with van der Waals surface area (Å²) in [6.07, 6.45) is 16.2.